The number of hydrogen-bond acceptors (Lipinski definition) is 0. The molecule has 0 saturated carbocycles. The lowest BCUT2D eigenvalue weighted by Gasteiger charge is -1.87. The van der Waals surface area contributed by atoms with Crippen molar-refractivity contribution >= 4 is 5.84 Å². The molecule has 1 aliphatic rings. The Morgan fingerprint density at radius 2 is 2.18 bits per heavy atom. The molecule has 1 heterocycles. The Balaban J connectivity index is 2.64. The number of nitrogens with one attached hydrogen (secondary N) is 1. The molecule has 0 unspecified atom stereocenters. The Hall–Kier alpha value is -1.60. The van der Waals surface area contributed by atoms with Crippen molar-refractivity contribution in [3.63, 3.8) is 0 Å². The van der Waals surface area contributed by atoms with Gasteiger partial charge in [-0.15, -0.1) is 0 Å². The molecule has 11 heavy (non-hydrogen) atoms. The molecule has 0 aromatic heterocycles. The van der Waals surface area contributed by atoms with Gasteiger partial charge in [-0.2, -0.15) is 0 Å². The summed E-state index contributed by atoms with van der Waals surface area (Å²) < 4.78 is 0. The maximum atomic E-state index is 8.54. The second kappa shape index (κ2) is 2.22. The van der Waals surface area contributed by atoms with Crippen molar-refractivity contribution in [2.75, 3.05) is 0 Å². The van der Waals surface area contributed by atoms with Crippen LogP contribution in [0.15, 0.2) is 24.3 Å². The highest BCUT2D eigenvalue weighted by atomic mass is 15.0. The van der Waals surface area contributed by atoms with Crippen LogP contribution in [0.3, 0.4) is 0 Å². The molecule has 1 aromatic carbocycles. The van der Waals surface area contributed by atoms with E-state index in [-0.39, 0.29) is 0 Å². The minimum absolute atomic E-state index is 0.570. The fourth-order valence-corrected chi connectivity index (χ4v) is 1.27. The molecule has 3 nitrogen and oxygen atoms in total. The average molecular weight is 145 g/mol. The molecular weight excluding hydrogens is 138 g/mol. The van der Waals surface area contributed by atoms with Crippen molar-refractivity contribution in [1.29, 1.82) is 0 Å². The summed E-state index contributed by atoms with van der Waals surface area (Å²) in [5, 5.41) is 2.97. The van der Waals surface area contributed by atoms with Gasteiger partial charge in [0.1, 0.15) is 6.54 Å². The van der Waals surface area contributed by atoms with Crippen LogP contribution in [0.4, 0.5) is 0 Å². The van der Waals surface area contributed by atoms with Crippen molar-refractivity contribution in [3.05, 3.63) is 40.9 Å². The number of amidine groups is 1. The molecule has 0 aliphatic carbocycles. The van der Waals surface area contributed by atoms with Gasteiger partial charge in [-0.25, -0.2) is 0 Å². The minimum Gasteiger partial charge on any atom is -0.497 e. The molecular formula is C8H7N3. The maximum Gasteiger partial charge on any atom is 0.360 e. The number of nitrogens with zero attached hydrogens (tertiary/aromatic N) is 2. The van der Waals surface area contributed by atoms with Gasteiger partial charge < -0.3 is 10.3 Å². The summed E-state index contributed by atoms with van der Waals surface area (Å²) in [6.07, 6.45) is 0. The highest BCUT2D eigenvalue weighted by molar-refractivity contribution is 5.98. The van der Waals surface area contributed by atoms with Crippen molar-refractivity contribution in [1.82, 2.24) is 5.32 Å². The molecule has 0 bridgehead atoms. The van der Waals surface area contributed by atoms with Crippen LogP contribution >= 0.6 is 0 Å². The number of rotatable bonds is 0. The fraction of sp³-hybridized carbons (Fsp3) is 0.125. The number of fused-ring (bicyclic) bond motifs is 1. The van der Waals surface area contributed by atoms with Crippen molar-refractivity contribution in [3.8, 4) is 0 Å². The first-order valence-electron chi connectivity index (χ1n) is 3.46. The molecule has 0 amide bonds. The molecule has 1 aliphatic heterocycles. The van der Waals surface area contributed by atoms with E-state index < -0.39 is 0 Å². The summed E-state index contributed by atoms with van der Waals surface area (Å²) in [7, 11) is 0. The van der Waals surface area contributed by atoms with Crippen LogP contribution in [0.5, 0.6) is 0 Å². The van der Waals surface area contributed by atoms with Gasteiger partial charge in [0.2, 0.25) is 0 Å². The van der Waals surface area contributed by atoms with E-state index in [4.69, 9.17) is 5.53 Å². The Morgan fingerprint density at radius 1 is 1.36 bits per heavy atom. The third-order valence-corrected chi connectivity index (χ3v) is 1.82. The van der Waals surface area contributed by atoms with E-state index in [0.717, 1.165) is 12.1 Å². The van der Waals surface area contributed by atoms with E-state index in [2.05, 4.69) is 10.1 Å². The summed E-state index contributed by atoms with van der Waals surface area (Å²) in [6.45, 7) is 0.759. The van der Waals surface area contributed by atoms with E-state index in [1.54, 1.807) is 0 Å². The zero-order valence-corrected chi connectivity index (χ0v) is 5.91. The first kappa shape index (κ1) is 6.13. The summed E-state index contributed by atoms with van der Waals surface area (Å²) in [4.78, 5) is 3.13. The zero-order valence-electron chi connectivity index (χ0n) is 5.91. The second-order valence-electron chi connectivity index (χ2n) is 2.46. The summed E-state index contributed by atoms with van der Waals surface area (Å²) in [6, 6.07) is 7.85. The van der Waals surface area contributed by atoms with Crippen LogP contribution in [0.2, 0.25) is 0 Å². The standard InChI is InChI=1S/C8H7N3/c9-11-8-7-4-2-1-3-6(7)5-10-8/h1-4,10H,5H2. The molecule has 0 atom stereocenters. The van der Waals surface area contributed by atoms with E-state index in [1.807, 2.05) is 24.3 Å². The third-order valence-electron chi connectivity index (χ3n) is 1.82. The normalized spacial score (nSPS) is 13.6. The van der Waals surface area contributed by atoms with Crippen LogP contribution in [-0.2, 0) is 6.54 Å². The van der Waals surface area contributed by atoms with Gasteiger partial charge >= 0.3 is 5.84 Å². The molecule has 1 aromatic rings. The lowest BCUT2D eigenvalue weighted by molar-refractivity contribution is -0.00829. The average Bonchev–Trinajstić information content (AvgIpc) is 2.47. The van der Waals surface area contributed by atoms with Gasteiger partial charge in [0.15, 0.2) is 0 Å². The maximum absolute atomic E-state index is 8.54. The quantitative estimate of drug-likeness (QED) is 0.425. The van der Waals surface area contributed by atoms with E-state index in [0.29, 0.717) is 5.84 Å². The van der Waals surface area contributed by atoms with Crippen LogP contribution in [-0.4, -0.2) is 10.6 Å². The monoisotopic (exact) mass is 145 g/mol. The first-order chi connectivity index (χ1) is 5.42. The molecule has 1 N–H and O–H groups in total. The zero-order chi connectivity index (χ0) is 7.68. The van der Waals surface area contributed by atoms with Gasteiger partial charge in [0.25, 0.3) is 0 Å². The van der Waals surface area contributed by atoms with E-state index in [1.165, 1.54) is 5.56 Å². The Kier molecular flexibility index (Phi) is 1.24. The SMILES string of the molecule is [N-]=[N+]=C1NCc2ccccc21. The summed E-state index contributed by atoms with van der Waals surface area (Å²) in [5.74, 6) is 0.570. The molecule has 2 rings (SSSR count). The summed E-state index contributed by atoms with van der Waals surface area (Å²) >= 11 is 0. The highest BCUT2D eigenvalue weighted by Gasteiger charge is 2.22. The smallest absolute Gasteiger partial charge is 0.360 e. The van der Waals surface area contributed by atoms with Crippen LogP contribution in [0, 0.1) is 0 Å². The largest absolute Gasteiger partial charge is 0.497 e. The molecule has 3 heteroatoms. The first-order valence-corrected chi connectivity index (χ1v) is 3.46. The predicted octanol–water partition coefficient (Wildman–Crippen LogP) is 0.766. The molecule has 54 valence electrons. The van der Waals surface area contributed by atoms with Gasteiger partial charge in [0.05, 0.1) is 5.56 Å². The molecule has 0 spiro atoms. The highest BCUT2D eigenvalue weighted by Crippen LogP contribution is 2.13. The molecule has 0 saturated heterocycles. The number of benzene rings is 1. The third kappa shape index (κ3) is 0.827. The summed E-state index contributed by atoms with van der Waals surface area (Å²) in [5.41, 5.74) is 10.7. The van der Waals surface area contributed by atoms with Gasteiger partial charge in [-0.05, 0) is 6.07 Å². The van der Waals surface area contributed by atoms with Crippen molar-refractivity contribution in [2.24, 2.45) is 0 Å². The Morgan fingerprint density at radius 3 is 3.00 bits per heavy atom. The van der Waals surface area contributed by atoms with Crippen LogP contribution in [0.1, 0.15) is 11.1 Å². The van der Waals surface area contributed by atoms with Crippen LogP contribution < -0.4 is 5.32 Å². The topological polar surface area (TPSA) is 48.4 Å². The molecule has 0 fully saturated rings. The Labute approximate surface area is 64.3 Å². The lowest BCUT2D eigenvalue weighted by atomic mass is 10.1. The second-order valence-corrected chi connectivity index (χ2v) is 2.46. The van der Waals surface area contributed by atoms with E-state index >= 15 is 0 Å². The predicted molar refractivity (Wildman–Crippen MR) is 41.0 cm³/mol. The van der Waals surface area contributed by atoms with E-state index in [9.17, 15) is 0 Å². The Bertz CT molecular complexity index is 337. The van der Waals surface area contributed by atoms with Gasteiger partial charge in [-0.3, -0.25) is 5.32 Å². The van der Waals surface area contributed by atoms with Gasteiger partial charge in [-0.1, -0.05) is 18.2 Å². The molecule has 0 radical (unpaired) electrons. The minimum atomic E-state index is 0.570. The lowest BCUT2D eigenvalue weighted by Crippen LogP contribution is -2.15. The van der Waals surface area contributed by atoms with Crippen LogP contribution in [0.25, 0.3) is 5.53 Å². The van der Waals surface area contributed by atoms with Crippen molar-refractivity contribution in [2.45, 2.75) is 6.54 Å². The van der Waals surface area contributed by atoms with Gasteiger partial charge in [0, 0.05) is 5.56 Å². The fourth-order valence-electron chi connectivity index (χ4n) is 1.27. The van der Waals surface area contributed by atoms with Crippen molar-refractivity contribution < 1.29 is 4.79 Å². The number of hydrogen-bond donors (Lipinski definition) is 1.